The van der Waals surface area contributed by atoms with Crippen molar-refractivity contribution >= 4 is 33.7 Å². The summed E-state index contributed by atoms with van der Waals surface area (Å²) in [6, 6.07) is 17.7. The lowest BCUT2D eigenvalue weighted by atomic mass is 9.86. The number of rotatable bonds is 3. The molecule has 2 heterocycles. The second-order valence-electron chi connectivity index (χ2n) is 9.03. The van der Waals surface area contributed by atoms with Crippen LogP contribution in [0.25, 0.3) is 22.2 Å². The number of hydrogen-bond donors (Lipinski definition) is 1. The van der Waals surface area contributed by atoms with Gasteiger partial charge in [-0.2, -0.15) is 0 Å². The number of ketones is 1. The molecule has 4 aromatic rings. The lowest BCUT2D eigenvalue weighted by Gasteiger charge is -2.37. The Morgan fingerprint density at radius 1 is 0.970 bits per heavy atom. The van der Waals surface area contributed by atoms with Crippen molar-refractivity contribution < 1.29 is 14.1 Å². The van der Waals surface area contributed by atoms with E-state index in [0.29, 0.717) is 16.9 Å². The van der Waals surface area contributed by atoms with Crippen LogP contribution in [-0.4, -0.2) is 36.2 Å². The Morgan fingerprint density at radius 2 is 1.67 bits per heavy atom. The fraction of sp³-hybridized carbons (Fsp3) is 0.259. The van der Waals surface area contributed by atoms with Crippen LogP contribution in [0, 0.1) is 6.92 Å². The quantitative estimate of drug-likeness (QED) is 0.389. The first kappa shape index (κ1) is 20.0. The van der Waals surface area contributed by atoms with Crippen LogP contribution in [0.4, 0.5) is 17.1 Å². The van der Waals surface area contributed by atoms with E-state index in [2.05, 4.69) is 42.2 Å². The monoisotopic (exact) mass is 439 g/mol. The number of benzene rings is 3. The van der Waals surface area contributed by atoms with Gasteiger partial charge in [0.1, 0.15) is 5.52 Å². The van der Waals surface area contributed by atoms with Gasteiger partial charge in [0.15, 0.2) is 11.5 Å². The number of ether oxygens (including phenoxy) is 1. The van der Waals surface area contributed by atoms with Crippen LogP contribution in [0.2, 0.25) is 0 Å². The van der Waals surface area contributed by atoms with Crippen LogP contribution in [0.15, 0.2) is 59.1 Å². The summed E-state index contributed by atoms with van der Waals surface area (Å²) in [5.74, 6) is 0.636. The third-order valence-electron chi connectivity index (χ3n) is 6.55. The third kappa shape index (κ3) is 3.13. The molecule has 6 rings (SSSR count). The predicted molar refractivity (Wildman–Crippen MR) is 130 cm³/mol. The van der Waals surface area contributed by atoms with Gasteiger partial charge < -0.3 is 19.5 Å². The lowest BCUT2D eigenvalue weighted by molar-refractivity contribution is -0.00515. The summed E-state index contributed by atoms with van der Waals surface area (Å²) in [7, 11) is 0. The van der Waals surface area contributed by atoms with E-state index < -0.39 is 0 Å². The van der Waals surface area contributed by atoms with E-state index in [-0.39, 0.29) is 18.0 Å². The van der Waals surface area contributed by atoms with Gasteiger partial charge in [0.2, 0.25) is 0 Å². The number of para-hydroxylation sites is 1. The first-order valence-corrected chi connectivity index (χ1v) is 11.3. The Bertz CT molecular complexity index is 1400. The summed E-state index contributed by atoms with van der Waals surface area (Å²) in [6.45, 7) is 7.71. The van der Waals surface area contributed by atoms with E-state index in [1.54, 1.807) is 0 Å². The highest BCUT2D eigenvalue weighted by molar-refractivity contribution is 6.28. The van der Waals surface area contributed by atoms with Crippen LogP contribution in [0.5, 0.6) is 0 Å². The summed E-state index contributed by atoms with van der Waals surface area (Å²) >= 11 is 0. The molecule has 1 aromatic heterocycles. The highest BCUT2D eigenvalue weighted by Crippen LogP contribution is 2.46. The molecule has 1 saturated heterocycles. The van der Waals surface area contributed by atoms with E-state index in [4.69, 9.17) is 9.26 Å². The van der Waals surface area contributed by atoms with E-state index >= 15 is 0 Å². The standard InChI is InChI=1S/C27H25N3O3/c1-15-8-4-7-11-20(15)28-21-12-22(30-13-16(2)32-17(3)14-30)25-24-23(21)26(31)18-9-5-6-10-19(18)27(24)33-29-25/h4-12,16-17,28H,13-14H2,1-3H3/t16-,17-/m0/s1. The largest absolute Gasteiger partial charge is 0.372 e. The number of carbonyl (C=O) groups is 1. The molecule has 33 heavy (non-hydrogen) atoms. The SMILES string of the molecule is Cc1ccccc1Nc1cc(N2C[C@H](C)O[C@@H](C)C2)c2noc3c2c1C(=O)c1ccccc1-3. The Morgan fingerprint density at radius 3 is 2.42 bits per heavy atom. The number of hydrogen-bond acceptors (Lipinski definition) is 6. The smallest absolute Gasteiger partial charge is 0.196 e. The molecule has 2 atom stereocenters. The van der Waals surface area contributed by atoms with Crippen molar-refractivity contribution in [3.05, 3.63) is 71.3 Å². The number of nitrogens with zero attached hydrogens (tertiary/aromatic N) is 2. The Kier molecular flexibility index (Phi) is 4.52. The van der Waals surface area contributed by atoms with Crippen molar-refractivity contribution in [1.29, 1.82) is 0 Å². The Hall–Kier alpha value is -3.64. The molecule has 1 aliphatic carbocycles. The van der Waals surface area contributed by atoms with Gasteiger partial charge in [0, 0.05) is 29.9 Å². The van der Waals surface area contributed by atoms with E-state index in [1.165, 1.54) is 0 Å². The van der Waals surface area contributed by atoms with E-state index in [0.717, 1.165) is 52.2 Å². The number of carbonyl (C=O) groups excluding carboxylic acids is 1. The number of aryl methyl sites for hydroxylation is 1. The summed E-state index contributed by atoms with van der Waals surface area (Å²) in [5.41, 5.74) is 6.55. The number of morpholine rings is 1. The molecular weight excluding hydrogens is 414 g/mol. The molecule has 0 unspecified atom stereocenters. The fourth-order valence-electron chi connectivity index (χ4n) is 5.11. The molecule has 3 aromatic carbocycles. The summed E-state index contributed by atoms with van der Waals surface area (Å²) in [6.07, 6.45) is 0.191. The second-order valence-corrected chi connectivity index (χ2v) is 9.03. The van der Waals surface area contributed by atoms with Crippen LogP contribution in [0.1, 0.15) is 35.3 Å². The zero-order chi connectivity index (χ0) is 22.7. The maximum absolute atomic E-state index is 13.7. The van der Waals surface area contributed by atoms with Gasteiger partial charge in [0.25, 0.3) is 0 Å². The topological polar surface area (TPSA) is 67.6 Å². The molecule has 1 aliphatic heterocycles. The zero-order valence-electron chi connectivity index (χ0n) is 18.9. The molecule has 6 nitrogen and oxygen atoms in total. The van der Waals surface area contributed by atoms with Gasteiger partial charge in [-0.15, -0.1) is 0 Å². The molecule has 0 amide bonds. The maximum atomic E-state index is 13.7. The molecule has 1 N–H and O–H groups in total. The van der Waals surface area contributed by atoms with Gasteiger partial charge in [-0.25, -0.2) is 0 Å². The normalized spacial score (nSPS) is 19.6. The minimum absolute atomic E-state index is 0.0161. The average molecular weight is 440 g/mol. The number of nitrogens with one attached hydrogen (secondary N) is 1. The predicted octanol–water partition coefficient (Wildman–Crippen LogP) is 5.70. The molecule has 0 saturated carbocycles. The number of anilines is 3. The maximum Gasteiger partial charge on any atom is 0.196 e. The van der Waals surface area contributed by atoms with E-state index in [9.17, 15) is 4.79 Å². The van der Waals surface area contributed by atoms with Crippen LogP contribution >= 0.6 is 0 Å². The molecule has 1 fully saturated rings. The number of aromatic nitrogens is 1. The average Bonchev–Trinajstić information content (AvgIpc) is 3.24. The fourth-order valence-corrected chi connectivity index (χ4v) is 5.11. The molecule has 166 valence electrons. The Labute approximate surface area is 192 Å². The third-order valence-corrected chi connectivity index (χ3v) is 6.55. The minimum Gasteiger partial charge on any atom is -0.372 e. The van der Waals surface area contributed by atoms with E-state index in [1.807, 2.05) is 48.5 Å². The van der Waals surface area contributed by atoms with Crippen molar-refractivity contribution in [2.24, 2.45) is 0 Å². The van der Waals surface area contributed by atoms with Gasteiger partial charge in [0.05, 0.1) is 34.5 Å². The van der Waals surface area contributed by atoms with Gasteiger partial charge in [-0.05, 0) is 38.5 Å². The van der Waals surface area contributed by atoms with Crippen LogP contribution in [-0.2, 0) is 4.74 Å². The van der Waals surface area contributed by atoms with Gasteiger partial charge >= 0.3 is 0 Å². The highest BCUT2D eigenvalue weighted by atomic mass is 16.5. The molecular formula is C27H25N3O3. The van der Waals surface area contributed by atoms with Crippen molar-refractivity contribution in [2.75, 3.05) is 23.3 Å². The van der Waals surface area contributed by atoms with Crippen molar-refractivity contribution in [2.45, 2.75) is 33.0 Å². The Balaban J connectivity index is 1.62. The highest BCUT2D eigenvalue weighted by Gasteiger charge is 2.35. The number of fused-ring (bicyclic) bond motifs is 2. The molecule has 0 spiro atoms. The first-order chi connectivity index (χ1) is 16.0. The summed E-state index contributed by atoms with van der Waals surface area (Å²) < 4.78 is 11.9. The second kappa shape index (κ2) is 7.46. The van der Waals surface area contributed by atoms with Crippen molar-refractivity contribution in [1.82, 2.24) is 5.16 Å². The zero-order valence-corrected chi connectivity index (χ0v) is 18.9. The summed E-state index contributed by atoms with van der Waals surface area (Å²) in [4.78, 5) is 16.0. The molecule has 6 heteroatoms. The van der Waals surface area contributed by atoms with Gasteiger partial charge in [-0.1, -0.05) is 47.6 Å². The van der Waals surface area contributed by atoms with Gasteiger partial charge in [-0.3, -0.25) is 4.79 Å². The molecule has 0 bridgehead atoms. The first-order valence-electron chi connectivity index (χ1n) is 11.3. The van der Waals surface area contributed by atoms with Crippen molar-refractivity contribution in [3.8, 4) is 11.3 Å². The molecule has 2 aliphatic rings. The van der Waals surface area contributed by atoms with Crippen LogP contribution in [0.3, 0.4) is 0 Å². The molecule has 0 radical (unpaired) electrons. The minimum atomic E-state index is -0.0161. The summed E-state index contributed by atoms with van der Waals surface area (Å²) in [5, 5.41) is 8.80. The lowest BCUT2D eigenvalue weighted by Crippen LogP contribution is -2.45. The van der Waals surface area contributed by atoms with Crippen LogP contribution < -0.4 is 10.2 Å². The van der Waals surface area contributed by atoms with Crippen molar-refractivity contribution in [3.63, 3.8) is 0 Å².